The topological polar surface area (TPSA) is 136 Å². The lowest BCUT2D eigenvalue weighted by Gasteiger charge is -2.35. The maximum Gasteiger partial charge on any atom is 0.270 e. The molecule has 13 heteroatoms. The number of hydrogen-bond acceptors (Lipinski definition) is 8. The molecule has 1 aromatic carbocycles. The summed E-state index contributed by atoms with van der Waals surface area (Å²) >= 11 is 0. The van der Waals surface area contributed by atoms with Gasteiger partial charge in [-0.25, -0.2) is 16.8 Å². The van der Waals surface area contributed by atoms with Gasteiger partial charge in [0.05, 0.1) is 40.1 Å². The molecule has 1 unspecified atom stereocenters. The van der Waals surface area contributed by atoms with Gasteiger partial charge in [0.15, 0.2) is 9.84 Å². The first-order valence-corrected chi connectivity index (χ1v) is 12.5. The van der Waals surface area contributed by atoms with E-state index in [9.17, 15) is 26.9 Å². The van der Waals surface area contributed by atoms with Crippen LogP contribution in [-0.2, 0) is 26.5 Å². The van der Waals surface area contributed by atoms with Crippen LogP contribution in [-0.4, -0.2) is 83.7 Å². The van der Waals surface area contributed by atoms with E-state index in [0.29, 0.717) is 38.2 Å². The van der Waals surface area contributed by atoms with Gasteiger partial charge in [0, 0.05) is 43.7 Å². The fourth-order valence-corrected chi connectivity index (χ4v) is 8.33. The van der Waals surface area contributed by atoms with Crippen LogP contribution in [0, 0.1) is 10.1 Å². The van der Waals surface area contributed by atoms with Crippen molar-refractivity contribution in [3.05, 3.63) is 34.5 Å². The van der Waals surface area contributed by atoms with E-state index in [0.717, 1.165) is 5.52 Å². The number of sulfone groups is 1. The van der Waals surface area contributed by atoms with Crippen molar-refractivity contribution in [2.24, 2.45) is 0 Å². The Morgan fingerprint density at radius 3 is 2.55 bits per heavy atom. The molecule has 2 saturated heterocycles. The lowest BCUT2D eigenvalue weighted by molar-refractivity contribution is -0.384. The number of hydrogen-bond donors (Lipinski definition) is 0. The van der Waals surface area contributed by atoms with Crippen molar-refractivity contribution < 1.29 is 21.8 Å². The molecule has 0 radical (unpaired) electrons. The Morgan fingerprint density at radius 1 is 1.21 bits per heavy atom. The van der Waals surface area contributed by atoms with Crippen LogP contribution in [0.5, 0.6) is 0 Å². The highest BCUT2D eigenvalue weighted by atomic mass is 32.2. The van der Waals surface area contributed by atoms with Crippen LogP contribution in [0.1, 0.15) is 6.42 Å². The largest absolute Gasteiger partial charge is 0.282 e. The second-order valence-electron chi connectivity index (χ2n) is 7.37. The van der Waals surface area contributed by atoms with Crippen LogP contribution in [0.4, 0.5) is 5.69 Å². The standard InChI is InChI=1S/C16H21N5O6S2/c22-21(23)14-1-2-16-13(9-14)10-17-20(16)12-18-4-6-19(7-5-18)29(26,27)15-3-8-28(24,25)11-15/h1-2,9-10,15H,3-8,11-12H2. The molecule has 0 spiro atoms. The minimum absolute atomic E-state index is 0.00444. The number of nitrogens with zero attached hydrogens (tertiary/aromatic N) is 5. The zero-order valence-corrected chi connectivity index (χ0v) is 17.2. The predicted molar refractivity (Wildman–Crippen MR) is 106 cm³/mol. The van der Waals surface area contributed by atoms with Gasteiger partial charge in [-0.2, -0.15) is 9.40 Å². The normalized spacial score (nSPS) is 23.5. The Balaban J connectivity index is 1.40. The molecule has 1 atom stereocenters. The average Bonchev–Trinajstić information content (AvgIpc) is 3.25. The van der Waals surface area contributed by atoms with Crippen LogP contribution in [0.15, 0.2) is 24.4 Å². The SMILES string of the molecule is O=[N+]([O-])c1ccc2c(cnn2CN2CCN(S(=O)(=O)C3CCS(=O)(=O)C3)CC2)c1. The van der Waals surface area contributed by atoms with Crippen LogP contribution >= 0.6 is 0 Å². The number of fused-ring (bicyclic) bond motifs is 1. The Bertz CT molecular complexity index is 1150. The lowest BCUT2D eigenvalue weighted by atomic mass is 10.2. The number of non-ortho nitro benzene ring substituents is 1. The third-order valence-corrected chi connectivity index (χ3v) is 9.78. The number of nitro groups is 1. The average molecular weight is 444 g/mol. The summed E-state index contributed by atoms with van der Waals surface area (Å²) in [5.41, 5.74) is 0.770. The summed E-state index contributed by atoms with van der Waals surface area (Å²) < 4.78 is 51.8. The maximum absolute atomic E-state index is 12.7. The number of benzene rings is 1. The minimum Gasteiger partial charge on any atom is -0.282 e. The summed E-state index contributed by atoms with van der Waals surface area (Å²) in [4.78, 5) is 12.5. The smallest absolute Gasteiger partial charge is 0.270 e. The van der Waals surface area contributed by atoms with Crippen molar-refractivity contribution in [2.75, 3.05) is 37.7 Å². The summed E-state index contributed by atoms with van der Waals surface area (Å²) in [6, 6.07) is 4.56. The second kappa shape index (κ2) is 7.31. The van der Waals surface area contributed by atoms with Crippen LogP contribution in [0.25, 0.3) is 10.9 Å². The molecule has 2 aliphatic heterocycles. The van der Waals surface area contributed by atoms with Crippen LogP contribution in [0.2, 0.25) is 0 Å². The third kappa shape index (κ3) is 3.99. The second-order valence-corrected chi connectivity index (χ2v) is 11.8. The monoisotopic (exact) mass is 443 g/mol. The van der Waals surface area contributed by atoms with E-state index in [2.05, 4.69) is 5.10 Å². The number of sulfonamides is 1. The Morgan fingerprint density at radius 2 is 1.93 bits per heavy atom. The van der Waals surface area contributed by atoms with Gasteiger partial charge in [-0.05, 0) is 12.5 Å². The Hall–Kier alpha value is -2.09. The molecule has 2 fully saturated rings. The van der Waals surface area contributed by atoms with Crippen molar-refractivity contribution in [3.8, 4) is 0 Å². The highest BCUT2D eigenvalue weighted by Gasteiger charge is 2.41. The van der Waals surface area contributed by atoms with Gasteiger partial charge in [-0.3, -0.25) is 19.7 Å². The zero-order valence-electron chi connectivity index (χ0n) is 15.5. The van der Waals surface area contributed by atoms with E-state index in [-0.39, 0.29) is 23.6 Å². The molecule has 3 heterocycles. The van der Waals surface area contributed by atoms with Gasteiger partial charge in [0.1, 0.15) is 0 Å². The van der Waals surface area contributed by atoms with Gasteiger partial charge in [0.2, 0.25) is 10.0 Å². The Labute approximate surface area is 168 Å². The van der Waals surface area contributed by atoms with Crippen molar-refractivity contribution in [1.82, 2.24) is 19.0 Å². The van der Waals surface area contributed by atoms with Crippen molar-refractivity contribution in [2.45, 2.75) is 18.3 Å². The molecule has 2 aliphatic rings. The fraction of sp³-hybridized carbons (Fsp3) is 0.562. The molecule has 1 aromatic heterocycles. The molecule has 0 N–H and O–H groups in total. The Kier molecular flexibility index (Phi) is 5.09. The summed E-state index contributed by atoms with van der Waals surface area (Å²) in [7, 11) is -6.89. The summed E-state index contributed by atoms with van der Waals surface area (Å²) in [6.07, 6.45) is 1.74. The van der Waals surface area contributed by atoms with Gasteiger partial charge < -0.3 is 0 Å². The molecule has 4 rings (SSSR count). The van der Waals surface area contributed by atoms with E-state index < -0.39 is 30.0 Å². The minimum atomic E-state index is -3.62. The molecule has 158 valence electrons. The molecule has 11 nitrogen and oxygen atoms in total. The number of aromatic nitrogens is 2. The van der Waals surface area contributed by atoms with E-state index in [1.807, 2.05) is 4.90 Å². The third-order valence-electron chi connectivity index (χ3n) is 5.47. The number of piperazine rings is 1. The molecule has 0 bridgehead atoms. The van der Waals surface area contributed by atoms with Crippen molar-refractivity contribution in [1.29, 1.82) is 0 Å². The zero-order chi connectivity index (χ0) is 20.8. The first kappa shape index (κ1) is 20.2. The highest BCUT2D eigenvalue weighted by molar-refractivity contribution is 7.95. The molecule has 0 saturated carbocycles. The van der Waals surface area contributed by atoms with Crippen LogP contribution < -0.4 is 0 Å². The number of rotatable bonds is 5. The van der Waals surface area contributed by atoms with E-state index >= 15 is 0 Å². The molecule has 2 aromatic rings. The lowest BCUT2D eigenvalue weighted by Crippen LogP contribution is -2.51. The summed E-state index contributed by atoms with van der Waals surface area (Å²) in [5.74, 6) is -0.359. The fourth-order valence-electron chi connectivity index (χ4n) is 3.82. The maximum atomic E-state index is 12.7. The van der Waals surface area contributed by atoms with Gasteiger partial charge >= 0.3 is 0 Å². The quantitative estimate of drug-likeness (QED) is 0.467. The summed E-state index contributed by atoms with van der Waals surface area (Å²) in [5, 5.41) is 15.0. The van der Waals surface area contributed by atoms with Crippen LogP contribution in [0.3, 0.4) is 0 Å². The molecule has 0 aliphatic carbocycles. The first-order valence-electron chi connectivity index (χ1n) is 9.17. The van der Waals surface area contributed by atoms with Crippen molar-refractivity contribution >= 4 is 36.5 Å². The first-order chi connectivity index (χ1) is 13.7. The molecular formula is C16H21N5O6S2. The molecule has 0 amide bonds. The highest BCUT2D eigenvalue weighted by Crippen LogP contribution is 2.24. The number of nitro benzene ring substituents is 1. The van der Waals surface area contributed by atoms with E-state index in [4.69, 9.17) is 0 Å². The molecular weight excluding hydrogens is 422 g/mol. The summed E-state index contributed by atoms with van der Waals surface area (Å²) in [6.45, 7) is 2.01. The van der Waals surface area contributed by atoms with Gasteiger partial charge in [0.25, 0.3) is 5.69 Å². The predicted octanol–water partition coefficient (Wildman–Crippen LogP) is 0.0365. The molecule has 29 heavy (non-hydrogen) atoms. The van der Waals surface area contributed by atoms with Crippen molar-refractivity contribution in [3.63, 3.8) is 0 Å². The van der Waals surface area contributed by atoms with E-state index in [1.54, 1.807) is 16.9 Å². The van der Waals surface area contributed by atoms with Gasteiger partial charge in [-0.15, -0.1) is 0 Å². The van der Waals surface area contributed by atoms with Gasteiger partial charge in [-0.1, -0.05) is 0 Å². The van der Waals surface area contributed by atoms with E-state index in [1.165, 1.54) is 16.4 Å².